The van der Waals surface area contributed by atoms with Crippen LogP contribution >= 0.6 is 0 Å². The third kappa shape index (κ3) is 2.29. The maximum Gasteiger partial charge on any atom is 0.217 e. The van der Waals surface area contributed by atoms with Crippen LogP contribution in [0.3, 0.4) is 0 Å². The molecule has 0 saturated carbocycles. The Morgan fingerprint density at radius 1 is 1.53 bits per heavy atom. The Kier molecular flexibility index (Phi) is 2.62. The van der Waals surface area contributed by atoms with Gasteiger partial charge in [0.05, 0.1) is 6.04 Å². The van der Waals surface area contributed by atoms with Crippen molar-refractivity contribution in [3.05, 3.63) is 29.3 Å². The molecular formula is C12H15NO2. The fourth-order valence-corrected chi connectivity index (χ4v) is 1.90. The summed E-state index contributed by atoms with van der Waals surface area (Å²) >= 11 is 0. The molecule has 3 nitrogen and oxygen atoms in total. The average Bonchev–Trinajstić information content (AvgIpc) is 2.16. The third-order valence-electron chi connectivity index (χ3n) is 2.53. The van der Waals surface area contributed by atoms with E-state index in [4.69, 9.17) is 4.74 Å². The van der Waals surface area contributed by atoms with Gasteiger partial charge in [0, 0.05) is 6.92 Å². The number of carbonyl (C=O) groups is 1. The van der Waals surface area contributed by atoms with E-state index in [9.17, 15) is 4.79 Å². The highest BCUT2D eigenvalue weighted by atomic mass is 16.5. The Morgan fingerprint density at radius 3 is 3.07 bits per heavy atom. The van der Waals surface area contributed by atoms with Crippen LogP contribution in [0.15, 0.2) is 18.2 Å². The van der Waals surface area contributed by atoms with Gasteiger partial charge in [0.15, 0.2) is 0 Å². The van der Waals surface area contributed by atoms with E-state index in [1.807, 2.05) is 12.1 Å². The highest BCUT2D eigenvalue weighted by Crippen LogP contribution is 2.25. The van der Waals surface area contributed by atoms with E-state index < -0.39 is 0 Å². The Bertz CT molecular complexity index is 387. The molecule has 1 amide bonds. The molecule has 1 aliphatic heterocycles. The van der Waals surface area contributed by atoms with Crippen LogP contribution < -0.4 is 10.1 Å². The number of hydrogen-bond donors (Lipinski definition) is 1. The molecule has 1 atom stereocenters. The number of ether oxygens (including phenoxy) is 1. The zero-order valence-corrected chi connectivity index (χ0v) is 9.04. The van der Waals surface area contributed by atoms with Crippen molar-refractivity contribution in [2.75, 3.05) is 6.61 Å². The summed E-state index contributed by atoms with van der Waals surface area (Å²) in [5.74, 6) is 0.946. The van der Waals surface area contributed by atoms with Gasteiger partial charge in [-0.25, -0.2) is 0 Å². The summed E-state index contributed by atoms with van der Waals surface area (Å²) in [7, 11) is 0. The fourth-order valence-electron chi connectivity index (χ4n) is 1.90. The molecule has 0 aromatic heterocycles. The predicted molar refractivity (Wildman–Crippen MR) is 58.0 cm³/mol. The van der Waals surface area contributed by atoms with Gasteiger partial charge in [0.2, 0.25) is 5.91 Å². The molecule has 0 aliphatic carbocycles. The average molecular weight is 205 g/mol. The second-order valence-electron chi connectivity index (χ2n) is 4.02. The van der Waals surface area contributed by atoms with Crippen molar-refractivity contribution in [2.45, 2.75) is 26.3 Å². The molecule has 1 heterocycles. The van der Waals surface area contributed by atoms with E-state index in [1.165, 1.54) is 18.1 Å². The van der Waals surface area contributed by atoms with Gasteiger partial charge in [-0.05, 0) is 25.0 Å². The summed E-state index contributed by atoms with van der Waals surface area (Å²) < 4.78 is 5.58. The number of aryl methyl sites for hydroxylation is 1. The standard InChI is InChI=1S/C12H15NO2/c1-8-3-4-12-10(5-8)6-11(7-15-12)13-9(2)14/h3-5,11H,6-7H2,1-2H3,(H,13,14)/t11-/m0/s1. The van der Waals surface area contributed by atoms with Crippen LogP contribution in [0.4, 0.5) is 0 Å². The summed E-state index contributed by atoms with van der Waals surface area (Å²) in [6, 6.07) is 6.26. The van der Waals surface area contributed by atoms with Gasteiger partial charge in [-0.3, -0.25) is 4.79 Å². The Morgan fingerprint density at radius 2 is 2.33 bits per heavy atom. The van der Waals surface area contributed by atoms with Crippen molar-refractivity contribution in [3.63, 3.8) is 0 Å². The topological polar surface area (TPSA) is 38.3 Å². The van der Waals surface area contributed by atoms with Crippen LogP contribution in [0.2, 0.25) is 0 Å². The van der Waals surface area contributed by atoms with Crippen LogP contribution in [-0.2, 0) is 11.2 Å². The first-order chi connectivity index (χ1) is 7.15. The number of amides is 1. The molecule has 0 bridgehead atoms. The molecule has 0 radical (unpaired) electrons. The van der Waals surface area contributed by atoms with Gasteiger partial charge >= 0.3 is 0 Å². The molecule has 0 unspecified atom stereocenters. The second kappa shape index (κ2) is 3.93. The molecule has 1 aromatic rings. The number of rotatable bonds is 1. The van der Waals surface area contributed by atoms with E-state index in [0.29, 0.717) is 6.61 Å². The monoisotopic (exact) mass is 205 g/mol. The van der Waals surface area contributed by atoms with Gasteiger partial charge in [0.1, 0.15) is 12.4 Å². The molecule has 80 valence electrons. The highest BCUT2D eigenvalue weighted by molar-refractivity contribution is 5.73. The molecule has 0 fully saturated rings. The summed E-state index contributed by atoms with van der Waals surface area (Å²) in [4.78, 5) is 10.9. The number of nitrogens with one attached hydrogen (secondary N) is 1. The maximum atomic E-state index is 10.9. The Balaban J connectivity index is 2.14. The molecule has 1 aromatic carbocycles. The molecule has 0 saturated heterocycles. The van der Waals surface area contributed by atoms with E-state index in [-0.39, 0.29) is 11.9 Å². The number of carbonyl (C=O) groups excluding carboxylic acids is 1. The summed E-state index contributed by atoms with van der Waals surface area (Å²) in [6.45, 7) is 4.16. The van der Waals surface area contributed by atoms with E-state index in [2.05, 4.69) is 18.3 Å². The van der Waals surface area contributed by atoms with Crippen molar-refractivity contribution < 1.29 is 9.53 Å². The highest BCUT2D eigenvalue weighted by Gasteiger charge is 2.19. The molecule has 1 N–H and O–H groups in total. The van der Waals surface area contributed by atoms with Crippen LogP contribution in [0, 0.1) is 6.92 Å². The predicted octanol–water partition coefficient (Wildman–Crippen LogP) is 1.43. The lowest BCUT2D eigenvalue weighted by atomic mass is 10.0. The van der Waals surface area contributed by atoms with Crippen molar-refractivity contribution in [3.8, 4) is 5.75 Å². The van der Waals surface area contributed by atoms with Crippen molar-refractivity contribution >= 4 is 5.91 Å². The van der Waals surface area contributed by atoms with Crippen molar-refractivity contribution in [2.24, 2.45) is 0 Å². The minimum absolute atomic E-state index is 0.000275. The summed E-state index contributed by atoms with van der Waals surface area (Å²) in [5, 5.41) is 2.88. The molecule has 0 spiro atoms. The van der Waals surface area contributed by atoms with Crippen molar-refractivity contribution in [1.82, 2.24) is 5.32 Å². The normalized spacial score (nSPS) is 18.9. The number of hydrogen-bond acceptors (Lipinski definition) is 2. The lowest BCUT2D eigenvalue weighted by molar-refractivity contribution is -0.119. The third-order valence-corrected chi connectivity index (χ3v) is 2.53. The van der Waals surface area contributed by atoms with Gasteiger partial charge in [-0.15, -0.1) is 0 Å². The zero-order chi connectivity index (χ0) is 10.8. The smallest absolute Gasteiger partial charge is 0.217 e. The van der Waals surface area contributed by atoms with Crippen molar-refractivity contribution in [1.29, 1.82) is 0 Å². The second-order valence-corrected chi connectivity index (χ2v) is 4.02. The van der Waals surface area contributed by atoms with Gasteiger partial charge in [-0.1, -0.05) is 17.7 Å². The van der Waals surface area contributed by atoms with E-state index in [0.717, 1.165) is 12.2 Å². The molecule has 2 rings (SSSR count). The Labute approximate surface area is 89.4 Å². The van der Waals surface area contributed by atoms with Crippen LogP contribution in [-0.4, -0.2) is 18.6 Å². The lowest BCUT2D eigenvalue weighted by Gasteiger charge is -2.25. The maximum absolute atomic E-state index is 10.9. The molecular weight excluding hydrogens is 190 g/mol. The van der Waals surface area contributed by atoms with Crippen LogP contribution in [0.1, 0.15) is 18.1 Å². The number of fused-ring (bicyclic) bond motifs is 1. The quantitative estimate of drug-likeness (QED) is 0.753. The summed E-state index contributed by atoms with van der Waals surface area (Å²) in [5.41, 5.74) is 2.40. The van der Waals surface area contributed by atoms with Crippen LogP contribution in [0.25, 0.3) is 0 Å². The van der Waals surface area contributed by atoms with Crippen LogP contribution in [0.5, 0.6) is 5.75 Å². The molecule has 15 heavy (non-hydrogen) atoms. The first-order valence-electron chi connectivity index (χ1n) is 5.14. The van der Waals surface area contributed by atoms with Gasteiger partial charge in [-0.2, -0.15) is 0 Å². The van der Waals surface area contributed by atoms with Gasteiger partial charge < -0.3 is 10.1 Å². The van der Waals surface area contributed by atoms with E-state index >= 15 is 0 Å². The minimum atomic E-state index is -0.000275. The number of benzene rings is 1. The molecule has 1 aliphatic rings. The first kappa shape index (κ1) is 10.0. The fraction of sp³-hybridized carbons (Fsp3) is 0.417. The molecule has 3 heteroatoms. The van der Waals surface area contributed by atoms with Gasteiger partial charge in [0.25, 0.3) is 0 Å². The lowest BCUT2D eigenvalue weighted by Crippen LogP contribution is -2.41. The minimum Gasteiger partial charge on any atom is -0.491 e. The summed E-state index contributed by atoms with van der Waals surface area (Å²) in [6.07, 6.45) is 0.858. The first-order valence-corrected chi connectivity index (χ1v) is 5.14. The SMILES string of the molecule is CC(=O)N[C@@H]1COc2ccc(C)cc2C1. The zero-order valence-electron chi connectivity index (χ0n) is 9.04. The largest absolute Gasteiger partial charge is 0.491 e. The van der Waals surface area contributed by atoms with E-state index in [1.54, 1.807) is 0 Å². The Hall–Kier alpha value is -1.51.